The van der Waals surface area contributed by atoms with Crippen LogP contribution >= 0.6 is 0 Å². The molecule has 2 aromatic carbocycles. The van der Waals surface area contributed by atoms with Gasteiger partial charge in [0, 0.05) is 6.07 Å². The number of hydrogen-bond donors (Lipinski definition) is 0. The van der Waals surface area contributed by atoms with Crippen LogP contribution < -0.4 is 0 Å². The molecule has 0 aliphatic rings. The molecule has 6 heteroatoms. The first-order valence-electron chi connectivity index (χ1n) is 5.89. The Morgan fingerprint density at radius 3 is 1.81 bits per heavy atom. The summed E-state index contributed by atoms with van der Waals surface area (Å²) >= 11 is 0. The summed E-state index contributed by atoms with van der Waals surface area (Å²) in [5.74, 6) is -2.75. The molecular weight excluding hydrogens is 291 g/mol. The van der Waals surface area contributed by atoms with Crippen LogP contribution in [-0.2, 0) is 11.0 Å². The summed E-state index contributed by atoms with van der Waals surface area (Å²) in [5.41, 5.74) is -0.591. The number of rotatable bonds is 3. The van der Waals surface area contributed by atoms with Crippen LogP contribution in [-0.4, -0.2) is 6.29 Å². The highest BCUT2D eigenvalue weighted by molar-refractivity contribution is 5.68. The van der Waals surface area contributed by atoms with Gasteiger partial charge in [0.25, 0.3) is 0 Å². The molecule has 0 aromatic heterocycles. The number of hydrogen-bond acceptors (Lipinski definition) is 1. The standard InChI is InChI=1S/C15H9F5O/c16-12-5-10(6-13(17)7-12)14(8-21)9-1-3-11(4-2-9)15(18,19)20/h1-8,14H. The molecule has 0 aliphatic carbocycles. The van der Waals surface area contributed by atoms with Crippen LogP contribution in [0.1, 0.15) is 22.6 Å². The molecule has 110 valence electrons. The van der Waals surface area contributed by atoms with Crippen LogP contribution in [0.5, 0.6) is 0 Å². The van der Waals surface area contributed by atoms with Gasteiger partial charge in [-0.15, -0.1) is 0 Å². The van der Waals surface area contributed by atoms with Gasteiger partial charge >= 0.3 is 6.18 Å². The molecule has 1 nitrogen and oxygen atoms in total. The maximum atomic E-state index is 13.2. The number of benzene rings is 2. The van der Waals surface area contributed by atoms with Crippen molar-refractivity contribution in [1.29, 1.82) is 0 Å². The van der Waals surface area contributed by atoms with Gasteiger partial charge in [-0.05, 0) is 35.4 Å². The van der Waals surface area contributed by atoms with Crippen molar-refractivity contribution < 1.29 is 26.7 Å². The van der Waals surface area contributed by atoms with Gasteiger partial charge in [-0.3, -0.25) is 0 Å². The van der Waals surface area contributed by atoms with Crippen LogP contribution in [0.2, 0.25) is 0 Å². The first kappa shape index (κ1) is 15.2. The van der Waals surface area contributed by atoms with E-state index in [2.05, 4.69) is 0 Å². The van der Waals surface area contributed by atoms with Crippen molar-refractivity contribution in [2.75, 3.05) is 0 Å². The fourth-order valence-corrected chi connectivity index (χ4v) is 1.98. The van der Waals surface area contributed by atoms with Gasteiger partial charge in [0.05, 0.1) is 11.5 Å². The number of halogens is 5. The van der Waals surface area contributed by atoms with Gasteiger partial charge in [0.1, 0.15) is 17.9 Å². The third-order valence-electron chi connectivity index (χ3n) is 2.98. The molecule has 0 heterocycles. The van der Waals surface area contributed by atoms with Crippen molar-refractivity contribution in [2.45, 2.75) is 12.1 Å². The second-order valence-electron chi connectivity index (χ2n) is 4.44. The predicted octanol–water partition coefficient (Wildman–Crippen LogP) is 4.31. The molecule has 2 rings (SSSR count). The van der Waals surface area contributed by atoms with Crippen LogP contribution in [0.3, 0.4) is 0 Å². The van der Waals surface area contributed by atoms with Gasteiger partial charge in [-0.2, -0.15) is 13.2 Å². The minimum atomic E-state index is -4.49. The smallest absolute Gasteiger partial charge is 0.302 e. The lowest BCUT2D eigenvalue weighted by Crippen LogP contribution is -2.07. The molecule has 0 spiro atoms. The van der Waals surface area contributed by atoms with Gasteiger partial charge in [-0.25, -0.2) is 8.78 Å². The lowest BCUT2D eigenvalue weighted by molar-refractivity contribution is -0.137. The number of carbonyl (C=O) groups is 1. The molecule has 0 N–H and O–H groups in total. The maximum Gasteiger partial charge on any atom is 0.416 e. The van der Waals surface area contributed by atoms with E-state index in [4.69, 9.17) is 0 Å². The minimum absolute atomic E-state index is 0.0438. The third-order valence-corrected chi connectivity index (χ3v) is 2.98. The number of aldehydes is 1. The van der Waals surface area contributed by atoms with E-state index in [0.29, 0.717) is 12.4 Å². The third kappa shape index (κ3) is 3.45. The maximum absolute atomic E-state index is 13.2. The van der Waals surface area contributed by atoms with E-state index >= 15 is 0 Å². The van der Waals surface area contributed by atoms with E-state index in [0.717, 1.165) is 36.4 Å². The molecule has 0 saturated heterocycles. The Balaban J connectivity index is 2.40. The molecule has 0 bridgehead atoms. The number of carbonyl (C=O) groups excluding carboxylic acids is 1. The molecule has 0 saturated carbocycles. The highest BCUT2D eigenvalue weighted by Crippen LogP contribution is 2.31. The topological polar surface area (TPSA) is 17.1 Å². The highest BCUT2D eigenvalue weighted by Gasteiger charge is 2.30. The molecular formula is C15H9F5O. The summed E-state index contributed by atoms with van der Waals surface area (Å²) < 4.78 is 63.7. The normalized spacial score (nSPS) is 13.0. The van der Waals surface area contributed by atoms with Gasteiger partial charge in [0.2, 0.25) is 0 Å². The minimum Gasteiger partial charge on any atom is -0.302 e. The fourth-order valence-electron chi connectivity index (χ4n) is 1.98. The summed E-state index contributed by atoms with van der Waals surface area (Å²) in [6.07, 6.45) is -4.06. The zero-order chi connectivity index (χ0) is 15.6. The molecule has 21 heavy (non-hydrogen) atoms. The van der Waals surface area contributed by atoms with Gasteiger partial charge in [-0.1, -0.05) is 12.1 Å². The Morgan fingerprint density at radius 1 is 0.857 bits per heavy atom. The Kier molecular flexibility index (Phi) is 4.06. The summed E-state index contributed by atoms with van der Waals surface area (Å²) in [6, 6.07) is 6.47. The molecule has 0 aliphatic heterocycles. The highest BCUT2D eigenvalue weighted by atomic mass is 19.4. The summed E-state index contributed by atoms with van der Waals surface area (Å²) in [4.78, 5) is 11.1. The molecule has 1 atom stereocenters. The van der Waals surface area contributed by atoms with E-state index in [1.165, 1.54) is 0 Å². The second-order valence-corrected chi connectivity index (χ2v) is 4.44. The van der Waals surface area contributed by atoms with Crippen molar-refractivity contribution in [3.63, 3.8) is 0 Å². The van der Waals surface area contributed by atoms with Gasteiger partial charge < -0.3 is 4.79 Å². The lowest BCUT2D eigenvalue weighted by atomic mass is 9.92. The average molecular weight is 300 g/mol. The van der Waals surface area contributed by atoms with E-state index in [-0.39, 0.29) is 11.1 Å². The SMILES string of the molecule is O=CC(c1ccc(C(F)(F)F)cc1)c1cc(F)cc(F)c1. The first-order valence-corrected chi connectivity index (χ1v) is 5.89. The summed E-state index contributed by atoms with van der Waals surface area (Å²) in [5, 5.41) is 0. The van der Waals surface area contributed by atoms with Crippen molar-refractivity contribution in [2.24, 2.45) is 0 Å². The van der Waals surface area contributed by atoms with Crippen LogP contribution in [0, 0.1) is 11.6 Å². The Labute approximate surface area is 117 Å². The fraction of sp³-hybridized carbons (Fsp3) is 0.133. The van der Waals surface area contributed by atoms with Crippen molar-refractivity contribution in [3.05, 3.63) is 70.8 Å². The average Bonchev–Trinajstić information content (AvgIpc) is 2.38. The second kappa shape index (κ2) is 5.63. The van der Waals surface area contributed by atoms with Crippen LogP contribution in [0.4, 0.5) is 22.0 Å². The van der Waals surface area contributed by atoms with Crippen LogP contribution in [0.15, 0.2) is 42.5 Å². The molecule has 0 amide bonds. The molecule has 0 radical (unpaired) electrons. The molecule has 1 unspecified atom stereocenters. The summed E-state index contributed by atoms with van der Waals surface area (Å²) in [6.45, 7) is 0. The van der Waals surface area contributed by atoms with Gasteiger partial charge in [0.15, 0.2) is 0 Å². The van der Waals surface area contributed by atoms with Crippen molar-refractivity contribution in [1.82, 2.24) is 0 Å². The van der Waals surface area contributed by atoms with Crippen molar-refractivity contribution in [3.8, 4) is 0 Å². The molecule has 2 aromatic rings. The van der Waals surface area contributed by atoms with Crippen molar-refractivity contribution >= 4 is 6.29 Å². The Bertz CT molecular complexity index is 626. The van der Waals surface area contributed by atoms with Crippen LogP contribution in [0.25, 0.3) is 0 Å². The Morgan fingerprint density at radius 2 is 1.38 bits per heavy atom. The Hall–Kier alpha value is -2.24. The zero-order valence-corrected chi connectivity index (χ0v) is 10.5. The largest absolute Gasteiger partial charge is 0.416 e. The van der Waals surface area contributed by atoms with E-state index in [9.17, 15) is 26.7 Å². The zero-order valence-electron chi connectivity index (χ0n) is 10.5. The lowest BCUT2D eigenvalue weighted by Gasteiger charge is -2.13. The van der Waals surface area contributed by atoms with E-state index < -0.39 is 29.3 Å². The monoisotopic (exact) mass is 300 g/mol. The summed E-state index contributed by atoms with van der Waals surface area (Å²) in [7, 11) is 0. The van der Waals surface area contributed by atoms with E-state index in [1.807, 2.05) is 0 Å². The number of alkyl halides is 3. The first-order chi connectivity index (χ1) is 9.81. The quantitative estimate of drug-likeness (QED) is 0.609. The van der Waals surface area contributed by atoms with E-state index in [1.54, 1.807) is 0 Å². The predicted molar refractivity (Wildman–Crippen MR) is 65.7 cm³/mol. The molecule has 0 fully saturated rings.